The molecule has 5 aliphatic carbocycles. The van der Waals surface area contributed by atoms with Crippen molar-refractivity contribution in [2.45, 2.75) is 119 Å². The van der Waals surface area contributed by atoms with Crippen molar-refractivity contribution in [2.24, 2.45) is 51.2 Å². The van der Waals surface area contributed by atoms with Gasteiger partial charge in [-0.1, -0.05) is 59.1 Å². The Morgan fingerprint density at radius 2 is 1.73 bits per heavy atom. The topological polar surface area (TPSA) is 26.3 Å². The summed E-state index contributed by atoms with van der Waals surface area (Å²) in [5, 5.41) is 0. The lowest BCUT2D eigenvalue weighted by atomic mass is 9.35. The van der Waals surface area contributed by atoms with Crippen LogP contribution in [-0.2, 0) is 9.53 Å². The van der Waals surface area contributed by atoms with Crippen molar-refractivity contribution in [1.29, 1.82) is 0 Å². The summed E-state index contributed by atoms with van der Waals surface area (Å²) in [7, 11) is 0. The highest BCUT2D eigenvalue weighted by atomic mass is 16.5. The van der Waals surface area contributed by atoms with Gasteiger partial charge in [0.15, 0.2) is 0 Å². The van der Waals surface area contributed by atoms with Crippen LogP contribution in [0.1, 0.15) is 119 Å². The zero-order valence-electron chi connectivity index (χ0n) is 22.7. The fraction of sp³-hybridized carbons (Fsp3) is 0.903. The van der Waals surface area contributed by atoms with Crippen LogP contribution in [0, 0.1) is 51.2 Å². The molecule has 7 unspecified atom stereocenters. The van der Waals surface area contributed by atoms with Crippen LogP contribution in [0.2, 0.25) is 0 Å². The molecular formula is C31H50O2. The minimum atomic E-state index is -0.108. The lowest BCUT2D eigenvalue weighted by Gasteiger charge is -2.69. The van der Waals surface area contributed by atoms with Gasteiger partial charge in [0.1, 0.15) is 6.61 Å². The Bertz CT molecular complexity index is 840. The standard InChI is InChI=1S/C31H50O2/c1-8-22-11-14-28(5)24(22)13-15-30(7)26(28)10-9-25-27-23(20(2)3)12-16-31(27,19-33-21(4)32)18-17-29(25,30)6/h20,22,24-26H,8-19H2,1-7H3/t22?,24?,25?,26?,28?,29-,30?,31?/m1/s1. The average molecular weight is 455 g/mol. The summed E-state index contributed by atoms with van der Waals surface area (Å²) in [6.07, 6.45) is 15.0. The number of carbonyl (C=O) groups excluding carboxylic acids is 1. The van der Waals surface area contributed by atoms with Gasteiger partial charge in [0.2, 0.25) is 0 Å². The molecule has 4 fully saturated rings. The molecule has 5 aliphatic rings. The molecule has 0 N–H and O–H groups in total. The molecule has 5 rings (SSSR count). The van der Waals surface area contributed by atoms with E-state index in [1.54, 1.807) is 18.1 Å². The molecule has 4 saturated carbocycles. The zero-order chi connectivity index (χ0) is 23.8. The molecule has 0 radical (unpaired) electrons. The van der Waals surface area contributed by atoms with Crippen molar-refractivity contribution in [2.75, 3.05) is 6.61 Å². The summed E-state index contributed by atoms with van der Waals surface area (Å²) >= 11 is 0. The van der Waals surface area contributed by atoms with Gasteiger partial charge in [-0.3, -0.25) is 4.79 Å². The molecule has 8 atom stereocenters. The van der Waals surface area contributed by atoms with E-state index in [0.717, 1.165) is 17.8 Å². The molecule has 0 heterocycles. The van der Waals surface area contributed by atoms with Crippen LogP contribution >= 0.6 is 0 Å². The van der Waals surface area contributed by atoms with Crippen LogP contribution < -0.4 is 0 Å². The first-order chi connectivity index (χ1) is 15.5. The second-order valence-corrected chi connectivity index (χ2v) is 14.0. The van der Waals surface area contributed by atoms with E-state index in [4.69, 9.17) is 4.74 Å². The number of hydrogen-bond donors (Lipinski definition) is 0. The molecule has 33 heavy (non-hydrogen) atoms. The van der Waals surface area contributed by atoms with Gasteiger partial charge in [-0.05, 0) is 110 Å². The number of fused-ring (bicyclic) bond motifs is 7. The first-order valence-corrected chi connectivity index (χ1v) is 14.4. The summed E-state index contributed by atoms with van der Waals surface area (Å²) in [6, 6.07) is 0. The van der Waals surface area contributed by atoms with Gasteiger partial charge in [-0.15, -0.1) is 0 Å². The van der Waals surface area contributed by atoms with Gasteiger partial charge < -0.3 is 4.74 Å². The van der Waals surface area contributed by atoms with Gasteiger partial charge in [-0.2, -0.15) is 0 Å². The smallest absolute Gasteiger partial charge is 0.302 e. The number of rotatable bonds is 4. The molecule has 2 heteroatoms. The van der Waals surface area contributed by atoms with Crippen molar-refractivity contribution in [3.05, 3.63) is 11.1 Å². The summed E-state index contributed by atoms with van der Waals surface area (Å²) in [5.74, 6) is 4.00. The molecule has 2 nitrogen and oxygen atoms in total. The first-order valence-electron chi connectivity index (χ1n) is 14.4. The fourth-order valence-corrected chi connectivity index (χ4v) is 11.0. The summed E-state index contributed by atoms with van der Waals surface area (Å²) < 4.78 is 5.78. The number of carbonyl (C=O) groups is 1. The monoisotopic (exact) mass is 454 g/mol. The molecule has 0 aromatic carbocycles. The highest BCUT2D eigenvalue weighted by molar-refractivity contribution is 5.66. The normalized spacial score (nSPS) is 48.8. The number of hydrogen-bond acceptors (Lipinski definition) is 2. The van der Waals surface area contributed by atoms with E-state index >= 15 is 0 Å². The minimum absolute atomic E-state index is 0.108. The van der Waals surface area contributed by atoms with Crippen LogP contribution in [0.4, 0.5) is 0 Å². The number of esters is 1. The lowest BCUT2D eigenvalue weighted by Crippen LogP contribution is -2.62. The third-order valence-corrected chi connectivity index (χ3v) is 12.9. The van der Waals surface area contributed by atoms with E-state index < -0.39 is 0 Å². The van der Waals surface area contributed by atoms with E-state index in [1.807, 2.05) is 0 Å². The number of allylic oxidation sites excluding steroid dienone is 1. The maximum atomic E-state index is 11.8. The Hall–Kier alpha value is -0.790. The van der Waals surface area contributed by atoms with Crippen molar-refractivity contribution in [3.63, 3.8) is 0 Å². The summed E-state index contributed by atoms with van der Waals surface area (Å²) in [5.41, 5.74) is 5.01. The van der Waals surface area contributed by atoms with Crippen molar-refractivity contribution in [1.82, 2.24) is 0 Å². The van der Waals surface area contributed by atoms with E-state index in [0.29, 0.717) is 34.7 Å². The Kier molecular flexibility index (Phi) is 5.70. The summed E-state index contributed by atoms with van der Waals surface area (Å²) in [4.78, 5) is 11.8. The predicted octanol–water partition coefficient (Wildman–Crippen LogP) is 8.35. The van der Waals surface area contributed by atoms with E-state index in [1.165, 1.54) is 70.6 Å². The first kappa shape index (κ1) is 23.9. The Morgan fingerprint density at radius 1 is 0.970 bits per heavy atom. The molecular weight excluding hydrogens is 404 g/mol. The molecule has 0 aromatic rings. The molecule has 0 aromatic heterocycles. The second kappa shape index (κ2) is 7.86. The Balaban J connectivity index is 1.54. The third-order valence-electron chi connectivity index (χ3n) is 12.9. The molecule has 186 valence electrons. The van der Waals surface area contributed by atoms with Gasteiger partial charge >= 0.3 is 5.97 Å². The maximum absolute atomic E-state index is 11.8. The van der Waals surface area contributed by atoms with Crippen LogP contribution in [0.5, 0.6) is 0 Å². The SMILES string of the molecule is CCC1CCC2(C)C1CCC1(C)C2CCC2C3=C(C(C)C)CCC3(COC(C)=O)CC[C@]21C. The van der Waals surface area contributed by atoms with Gasteiger partial charge in [-0.25, -0.2) is 0 Å². The highest BCUT2D eigenvalue weighted by Crippen LogP contribution is 2.76. The molecule has 0 amide bonds. The number of ether oxygens (including phenoxy) is 1. The van der Waals surface area contributed by atoms with Crippen LogP contribution in [0.15, 0.2) is 11.1 Å². The average Bonchev–Trinajstić information content (AvgIpc) is 3.31. The largest absolute Gasteiger partial charge is 0.465 e. The van der Waals surface area contributed by atoms with Gasteiger partial charge in [0.25, 0.3) is 0 Å². The zero-order valence-corrected chi connectivity index (χ0v) is 22.7. The quantitative estimate of drug-likeness (QED) is 0.315. The van der Waals surface area contributed by atoms with Gasteiger partial charge in [0.05, 0.1) is 0 Å². The minimum Gasteiger partial charge on any atom is -0.465 e. The molecule has 0 bridgehead atoms. The summed E-state index contributed by atoms with van der Waals surface area (Å²) in [6.45, 7) is 17.6. The highest BCUT2D eigenvalue weighted by Gasteiger charge is 2.68. The van der Waals surface area contributed by atoms with Crippen LogP contribution in [0.25, 0.3) is 0 Å². The lowest BCUT2D eigenvalue weighted by molar-refractivity contribution is -0.184. The molecule has 0 aliphatic heterocycles. The van der Waals surface area contributed by atoms with Crippen molar-refractivity contribution < 1.29 is 9.53 Å². The van der Waals surface area contributed by atoms with E-state index in [2.05, 4.69) is 41.5 Å². The van der Waals surface area contributed by atoms with Crippen LogP contribution in [-0.4, -0.2) is 12.6 Å². The maximum Gasteiger partial charge on any atom is 0.302 e. The van der Waals surface area contributed by atoms with Gasteiger partial charge in [0, 0.05) is 12.3 Å². The van der Waals surface area contributed by atoms with Crippen molar-refractivity contribution in [3.8, 4) is 0 Å². The predicted molar refractivity (Wildman–Crippen MR) is 136 cm³/mol. The van der Waals surface area contributed by atoms with Crippen LogP contribution in [0.3, 0.4) is 0 Å². The Labute approximate surface area is 203 Å². The second-order valence-electron chi connectivity index (χ2n) is 14.0. The Morgan fingerprint density at radius 3 is 2.39 bits per heavy atom. The van der Waals surface area contributed by atoms with Crippen molar-refractivity contribution >= 4 is 5.97 Å². The molecule has 0 spiro atoms. The van der Waals surface area contributed by atoms with E-state index in [9.17, 15) is 4.79 Å². The third kappa shape index (κ3) is 3.13. The molecule has 0 saturated heterocycles. The fourth-order valence-electron chi connectivity index (χ4n) is 11.0. The van der Waals surface area contributed by atoms with E-state index in [-0.39, 0.29) is 11.4 Å².